The minimum Gasteiger partial charge on any atom is -0.332 e. The third-order valence-electron chi connectivity index (χ3n) is 3.51. The van der Waals surface area contributed by atoms with Gasteiger partial charge in [-0.15, -0.1) is 11.3 Å². The number of benzene rings is 1. The van der Waals surface area contributed by atoms with Crippen LogP contribution in [0.3, 0.4) is 0 Å². The van der Waals surface area contributed by atoms with E-state index in [1.165, 1.54) is 17.0 Å². The van der Waals surface area contributed by atoms with E-state index in [0.717, 1.165) is 29.6 Å². The predicted molar refractivity (Wildman–Crippen MR) is 94.6 cm³/mol. The number of hydrogen-bond donors (Lipinski definition) is 2. The Bertz CT molecular complexity index is 651. The van der Waals surface area contributed by atoms with Gasteiger partial charge in [-0.25, -0.2) is 4.98 Å². The molecule has 110 valence electrons. The van der Waals surface area contributed by atoms with Gasteiger partial charge in [0.15, 0.2) is 10.2 Å². The third kappa shape index (κ3) is 3.73. The first-order chi connectivity index (χ1) is 10.1. The van der Waals surface area contributed by atoms with Crippen LogP contribution in [-0.4, -0.2) is 10.1 Å². The van der Waals surface area contributed by atoms with Crippen LogP contribution in [0.5, 0.6) is 0 Å². The highest BCUT2D eigenvalue weighted by atomic mass is 35.5. The number of nitrogens with one attached hydrogen (secondary N) is 2. The molecule has 1 aromatic carbocycles. The van der Waals surface area contributed by atoms with Gasteiger partial charge in [-0.3, -0.25) is 0 Å². The van der Waals surface area contributed by atoms with Crippen molar-refractivity contribution < 1.29 is 0 Å². The predicted octanol–water partition coefficient (Wildman–Crippen LogP) is 4.73. The highest BCUT2D eigenvalue weighted by molar-refractivity contribution is 7.80. The number of aryl methyl sites for hydroxylation is 1. The number of aromatic nitrogens is 1. The summed E-state index contributed by atoms with van der Waals surface area (Å²) < 4.78 is 0. The number of rotatable bonds is 2. The topological polar surface area (TPSA) is 37.0 Å². The van der Waals surface area contributed by atoms with Crippen LogP contribution in [0.4, 0.5) is 10.8 Å². The quantitative estimate of drug-likeness (QED) is 0.777. The van der Waals surface area contributed by atoms with Crippen LogP contribution in [-0.2, 0) is 12.8 Å². The summed E-state index contributed by atoms with van der Waals surface area (Å²) in [4.78, 5) is 6.03. The second-order valence-corrected chi connectivity index (χ2v) is 7.25. The maximum absolute atomic E-state index is 5.86. The lowest BCUT2D eigenvalue weighted by Gasteiger charge is -2.15. The Balaban J connectivity index is 1.64. The molecule has 1 heterocycles. The molecule has 1 aliphatic carbocycles. The minimum atomic E-state index is 0.552. The molecule has 1 aromatic heterocycles. The molecule has 2 N–H and O–H groups in total. The Morgan fingerprint density at radius 1 is 1.33 bits per heavy atom. The zero-order valence-corrected chi connectivity index (χ0v) is 14.0. The van der Waals surface area contributed by atoms with Crippen LogP contribution in [0, 0.1) is 5.92 Å². The van der Waals surface area contributed by atoms with E-state index in [2.05, 4.69) is 22.5 Å². The van der Waals surface area contributed by atoms with Gasteiger partial charge in [0.05, 0.1) is 5.69 Å². The van der Waals surface area contributed by atoms with Crippen molar-refractivity contribution in [2.75, 3.05) is 10.6 Å². The number of hydrogen-bond acceptors (Lipinski definition) is 3. The van der Waals surface area contributed by atoms with Crippen LogP contribution in [0.2, 0.25) is 5.02 Å². The van der Waals surface area contributed by atoms with E-state index < -0.39 is 0 Å². The van der Waals surface area contributed by atoms with E-state index in [-0.39, 0.29) is 0 Å². The number of thiocarbonyl (C=S) groups is 1. The maximum Gasteiger partial charge on any atom is 0.189 e. The maximum atomic E-state index is 5.86. The normalized spacial score (nSPS) is 17.1. The number of anilines is 2. The Morgan fingerprint density at radius 3 is 2.86 bits per heavy atom. The van der Waals surface area contributed by atoms with Gasteiger partial charge in [-0.05, 0) is 61.7 Å². The molecular formula is C15H16ClN3S2. The summed E-state index contributed by atoms with van der Waals surface area (Å²) in [6, 6.07) is 7.45. The van der Waals surface area contributed by atoms with E-state index in [1.54, 1.807) is 11.3 Å². The molecule has 0 amide bonds. The molecule has 21 heavy (non-hydrogen) atoms. The molecule has 2 aromatic rings. The zero-order valence-electron chi connectivity index (χ0n) is 11.6. The summed E-state index contributed by atoms with van der Waals surface area (Å²) in [5, 5.41) is 8.44. The average Bonchev–Trinajstić information content (AvgIpc) is 2.82. The Hall–Kier alpha value is -1.17. The number of halogens is 1. The lowest BCUT2D eigenvalue weighted by atomic mass is 9.93. The monoisotopic (exact) mass is 337 g/mol. The second kappa shape index (κ2) is 6.30. The third-order valence-corrected chi connectivity index (χ3v) is 5.00. The van der Waals surface area contributed by atoms with E-state index >= 15 is 0 Å². The van der Waals surface area contributed by atoms with E-state index in [9.17, 15) is 0 Å². The van der Waals surface area contributed by atoms with Crippen LogP contribution in [0.25, 0.3) is 0 Å². The van der Waals surface area contributed by atoms with Gasteiger partial charge in [0.1, 0.15) is 0 Å². The lowest BCUT2D eigenvalue weighted by molar-refractivity contribution is 0.502. The van der Waals surface area contributed by atoms with Crippen molar-refractivity contribution in [2.24, 2.45) is 5.92 Å². The molecule has 1 aliphatic rings. The highest BCUT2D eigenvalue weighted by Crippen LogP contribution is 2.32. The molecule has 6 heteroatoms. The van der Waals surface area contributed by atoms with Crippen molar-refractivity contribution in [1.29, 1.82) is 0 Å². The van der Waals surface area contributed by atoms with Gasteiger partial charge >= 0.3 is 0 Å². The fraction of sp³-hybridized carbons (Fsp3) is 0.333. The van der Waals surface area contributed by atoms with Gasteiger partial charge in [-0.1, -0.05) is 18.5 Å². The molecule has 0 saturated carbocycles. The van der Waals surface area contributed by atoms with Crippen LogP contribution in [0.15, 0.2) is 24.3 Å². The summed E-state index contributed by atoms with van der Waals surface area (Å²) >= 11 is 12.9. The van der Waals surface area contributed by atoms with Gasteiger partial charge < -0.3 is 10.6 Å². The summed E-state index contributed by atoms with van der Waals surface area (Å²) in [6.45, 7) is 2.29. The standard InChI is InChI=1S/C15H16ClN3S2/c1-9-2-7-12-13(8-9)21-15(18-12)19-14(20)17-11-5-3-10(16)4-6-11/h3-6,9H,2,7-8H2,1H3,(H2,17,18,19,20)/t9-/m0/s1. The van der Waals surface area contributed by atoms with Crippen LogP contribution in [0.1, 0.15) is 23.9 Å². The molecule has 0 bridgehead atoms. The summed E-state index contributed by atoms with van der Waals surface area (Å²) in [5.41, 5.74) is 2.14. The van der Waals surface area contributed by atoms with E-state index in [0.29, 0.717) is 10.1 Å². The molecule has 0 aliphatic heterocycles. The molecule has 3 rings (SSSR count). The molecule has 1 atom stereocenters. The smallest absolute Gasteiger partial charge is 0.189 e. The first-order valence-electron chi connectivity index (χ1n) is 6.92. The molecular weight excluding hydrogens is 322 g/mol. The van der Waals surface area contributed by atoms with E-state index in [4.69, 9.17) is 23.8 Å². The Labute approximate surface area is 138 Å². The minimum absolute atomic E-state index is 0.552. The lowest BCUT2D eigenvalue weighted by Crippen LogP contribution is -2.18. The molecule has 0 saturated heterocycles. The van der Waals surface area contributed by atoms with Gasteiger partial charge in [-0.2, -0.15) is 0 Å². The fourth-order valence-corrected chi connectivity index (χ4v) is 3.97. The van der Waals surface area contributed by atoms with Gasteiger partial charge in [0.2, 0.25) is 0 Å². The number of nitrogens with zero attached hydrogens (tertiary/aromatic N) is 1. The molecule has 0 fully saturated rings. The summed E-state index contributed by atoms with van der Waals surface area (Å²) in [6.07, 6.45) is 3.43. The molecule has 0 spiro atoms. The van der Waals surface area contributed by atoms with Gasteiger partial charge in [0.25, 0.3) is 0 Å². The molecule has 0 unspecified atom stereocenters. The summed E-state index contributed by atoms with van der Waals surface area (Å²) in [7, 11) is 0. The Kier molecular flexibility index (Phi) is 4.42. The van der Waals surface area contributed by atoms with Gasteiger partial charge in [0, 0.05) is 15.6 Å². The number of thiazole rings is 1. The second-order valence-electron chi connectivity index (χ2n) is 5.32. The van der Waals surface area contributed by atoms with Crippen molar-refractivity contribution in [2.45, 2.75) is 26.2 Å². The van der Waals surface area contributed by atoms with Crippen molar-refractivity contribution in [3.05, 3.63) is 39.9 Å². The van der Waals surface area contributed by atoms with E-state index in [1.807, 2.05) is 24.3 Å². The first-order valence-corrected chi connectivity index (χ1v) is 8.52. The summed E-state index contributed by atoms with van der Waals surface area (Å²) in [5.74, 6) is 0.755. The number of fused-ring (bicyclic) bond motifs is 1. The highest BCUT2D eigenvalue weighted by Gasteiger charge is 2.19. The zero-order chi connectivity index (χ0) is 14.8. The van der Waals surface area contributed by atoms with Crippen molar-refractivity contribution in [3.63, 3.8) is 0 Å². The van der Waals surface area contributed by atoms with Crippen molar-refractivity contribution >= 4 is 51.1 Å². The fourth-order valence-electron chi connectivity index (χ4n) is 2.39. The molecule has 3 nitrogen and oxygen atoms in total. The van der Waals surface area contributed by atoms with Crippen molar-refractivity contribution in [3.8, 4) is 0 Å². The molecule has 0 radical (unpaired) electrons. The van der Waals surface area contributed by atoms with Crippen molar-refractivity contribution in [1.82, 2.24) is 4.98 Å². The average molecular weight is 338 g/mol. The largest absolute Gasteiger partial charge is 0.332 e. The SMILES string of the molecule is C[C@H]1CCc2nc(NC(=S)Nc3ccc(Cl)cc3)sc2C1. The Morgan fingerprint density at radius 2 is 2.10 bits per heavy atom. The van der Waals surface area contributed by atoms with Crippen LogP contribution >= 0.6 is 35.2 Å². The first kappa shape index (κ1) is 14.8. The van der Waals surface area contributed by atoms with Crippen LogP contribution < -0.4 is 10.6 Å².